The molecular weight excluding hydrogens is 389 g/mol. The molecule has 2 aliphatic rings. The van der Waals surface area contributed by atoms with E-state index >= 15 is 0 Å². The SMILES string of the molecule is Cc1c(C(=O)N2CCCC(N3CCNCC3=O)C2)oc2ccc(Cl)cc12.Cl. The number of piperidine rings is 1. The van der Waals surface area contributed by atoms with Crippen LogP contribution in [-0.4, -0.2) is 60.4 Å². The lowest BCUT2D eigenvalue weighted by Gasteiger charge is -2.40. The molecule has 0 bridgehead atoms. The summed E-state index contributed by atoms with van der Waals surface area (Å²) in [5.74, 6) is 0.377. The van der Waals surface area contributed by atoms with E-state index in [0.29, 0.717) is 42.5 Å². The minimum Gasteiger partial charge on any atom is -0.451 e. The van der Waals surface area contributed by atoms with Gasteiger partial charge in [0, 0.05) is 48.2 Å². The van der Waals surface area contributed by atoms with Crippen LogP contribution in [0.1, 0.15) is 29.0 Å². The number of nitrogens with one attached hydrogen (secondary N) is 1. The van der Waals surface area contributed by atoms with Crippen LogP contribution < -0.4 is 5.32 Å². The predicted octanol–water partition coefficient (Wildman–Crippen LogP) is 2.85. The van der Waals surface area contributed by atoms with Gasteiger partial charge < -0.3 is 19.5 Å². The molecule has 1 aromatic carbocycles. The lowest BCUT2D eigenvalue weighted by atomic mass is 10.0. The van der Waals surface area contributed by atoms with Gasteiger partial charge in [0.15, 0.2) is 5.76 Å². The molecule has 0 radical (unpaired) electrons. The minimum atomic E-state index is -0.109. The van der Waals surface area contributed by atoms with Gasteiger partial charge in [-0.25, -0.2) is 0 Å². The number of carbonyl (C=O) groups is 2. The molecule has 27 heavy (non-hydrogen) atoms. The molecule has 0 aliphatic carbocycles. The van der Waals surface area contributed by atoms with Crippen molar-refractivity contribution in [3.63, 3.8) is 0 Å². The number of halogens is 2. The zero-order chi connectivity index (χ0) is 18.3. The Morgan fingerprint density at radius 2 is 2.15 bits per heavy atom. The Balaban J connectivity index is 0.00000210. The van der Waals surface area contributed by atoms with Gasteiger partial charge in [-0.15, -0.1) is 12.4 Å². The number of piperazine rings is 1. The molecule has 1 N–H and O–H groups in total. The summed E-state index contributed by atoms with van der Waals surface area (Å²) in [5, 5.41) is 4.58. The van der Waals surface area contributed by atoms with Crippen LogP contribution in [0, 0.1) is 6.92 Å². The first-order valence-electron chi connectivity index (χ1n) is 9.02. The number of aryl methyl sites for hydroxylation is 1. The van der Waals surface area contributed by atoms with Crippen molar-refractivity contribution in [2.75, 3.05) is 32.7 Å². The van der Waals surface area contributed by atoms with Gasteiger partial charge in [0.25, 0.3) is 5.91 Å². The Labute approximate surface area is 169 Å². The molecule has 2 aromatic rings. The van der Waals surface area contributed by atoms with E-state index in [2.05, 4.69) is 5.32 Å². The van der Waals surface area contributed by atoms with Crippen LogP contribution in [0.15, 0.2) is 22.6 Å². The Morgan fingerprint density at radius 3 is 2.93 bits per heavy atom. The summed E-state index contributed by atoms with van der Waals surface area (Å²) >= 11 is 6.07. The summed E-state index contributed by atoms with van der Waals surface area (Å²) in [7, 11) is 0. The second kappa shape index (κ2) is 8.09. The van der Waals surface area contributed by atoms with E-state index in [9.17, 15) is 9.59 Å². The van der Waals surface area contributed by atoms with Gasteiger partial charge in [-0.2, -0.15) is 0 Å². The van der Waals surface area contributed by atoms with Crippen molar-refractivity contribution in [1.29, 1.82) is 0 Å². The quantitative estimate of drug-likeness (QED) is 0.824. The molecule has 2 amide bonds. The van der Waals surface area contributed by atoms with Crippen LogP contribution >= 0.6 is 24.0 Å². The molecular formula is C19H23Cl2N3O3. The number of rotatable bonds is 2. The molecule has 0 spiro atoms. The van der Waals surface area contributed by atoms with Crippen LogP contribution in [-0.2, 0) is 4.79 Å². The number of likely N-dealkylation sites (tertiary alicyclic amines) is 1. The van der Waals surface area contributed by atoms with Gasteiger partial charge in [-0.3, -0.25) is 9.59 Å². The number of fused-ring (bicyclic) bond motifs is 1. The van der Waals surface area contributed by atoms with Crippen molar-refractivity contribution in [2.24, 2.45) is 0 Å². The molecule has 146 valence electrons. The average Bonchev–Trinajstić information content (AvgIpc) is 2.98. The van der Waals surface area contributed by atoms with Crippen LogP contribution in [0.5, 0.6) is 0 Å². The molecule has 2 fully saturated rings. The van der Waals surface area contributed by atoms with E-state index in [1.165, 1.54) is 0 Å². The van der Waals surface area contributed by atoms with Crippen molar-refractivity contribution in [2.45, 2.75) is 25.8 Å². The topological polar surface area (TPSA) is 65.8 Å². The molecule has 1 atom stereocenters. The molecule has 3 heterocycles. The minimum absolute atomic E-state index is 0. The number of nitrogens with zero attached hydrogens (tertiary/aromatic N) is 2. The maximum Gasteiger partial charge on any atom is 0.289 e. The zero-order valence-corrected chi connectivity index (χ0v) is 16.7. The molecule has 2 saturated heterocycles. The van der Waals surface area contributed by atoms with Crippen LogP contribution in [0.2, 0.25) is 5.02 Å². The summed E-state index contributed by atoms with van der Waals surface area (Å²) in [4.78, 5) is 29.0. The van der Waals surface area contributed by atoms with Crippen molar-refractivity contribution in [1.82, 2.24) is 15.1 Å². The summed E-state index contributed by atoms with van der Waals surface area (Å²) in [6.07, 6.45) is 1.82. The Kier molecular flexibility index (Phi) is 5.99. The summed E-state index contributed by atoms with van der Waals surface area (Å²) in [5.41, 5.74) is 1.48. The van der Waals surface area contributed by atoms with Gasteiger partial charge >= 0.3 is 0 Å². The van der Waals surface area contributed by atoms with Gasteiger partial charge in [0.05, 0.1) is 6.54 Å². The van der Waals surface area contributed by atoms with Gasteiger partial charge in [0.2, 0.25) is 5.91 Å². The normalized spacial score (nSPS) is 20.7. The lowest BCUT2D eigenvalue weighted by molar-refractivity contribution is -0.135. The molecule has 6 nitrogen and oxygen atoms in total. The first kappa shape index (κ1) is 20.0. The van der Waals surface area contributed by atoms with E-state index < -0.39 is 0 Å². The van der Waals surface area contributed by atoms with E-state index in [1.807, 2.05) is 22.8 Å². The number of furan rings is 1. The second-order valence-corrected chi connectivity index (χ2v) is 7.44. The highest BCUT2D eigenvalue weighted by atomic mass is 35.5. The molecule has 8 heteroatoms. The fourth-order valence-electron chi connectivity index (χ4n) is 3.94. The highest BCUT2D eigenvalue weighted by Gasteiger charge is 2.33. The smallest absolute Gasteiger partial charge is 0.289 e. The fourth-order valence-corrected chi connectivity index (χ4v) is 4.11. The third-order valence-corrected chi connectivity index (χ3v) is 5.58. The van der Waals surface area contributed by atoms with E-state index in [4.69, 9.17) is 16.0 Å². The van der Waals surface area contributed by atoms with Crippen molar-refractivity contribution in [3.8, 4) is 0 Å². The predicted molar refractivity (Wildman–Crippen MR) is 107 cm³/mol. The highest BCUT2D eigenvalue weighted by Crippen LogP contribution is 2.29. The Bertz CT molecular complexity index is 867. The van der Waals surface area contributed by atoms with Crippen LogP contribution in [0.25, 0.3) is 11.0 Å². The summed E-state index contributed by atoms with van der Waals surface area (Å²) in [6.45, 7) is 5.02. The van der Waals surface area contributed by atoms with Crippen molar-refractivity contribution in [3.05, 3.63) is 34.5 Å². The average molecular weight is 412 g/mol. The van der Waals surface area contributed by atoms with E-state index in [0.717, 1.165) is 30.3 Å². The first-order valence-corrected chi connectivity index (χ1v) is 9.40. The number of hydrogen-bond donors (Lipinski definition) is 1. The molecule has 2 aliphatic heterocycles. The maximum atomic E-state index is 13.1. The molecule has 0 saturated carbocycles. The molecule has 1 aromatic heterocycles. The largest absolute Gasteiger partial charge is 0.451 e. The number of benzene rings is 1. The fraction of sp³-hybridized carbons (Fsp3) is 0.474. The second-order valence-electron chi connectivity index (χ2n) is 7.01. The van der Waals surface area contributed by atoms with Crippen LogP contribution in [0.4, 0.5) is 0 Å². The van der Waals surface area contributed by atoms with Gasteiger partial charge in [-0.1, -0.05) is 11.6 Å². The first-order chi connectivity index (χ1) is 12.5. The third-order valence-electron chi connectivity index (χ3n) is 5.34. The van der Waals surface area contributed by atoms with Crippen molar-refractivity contribution < 1.29 is 14.0 Å². The standard InChI is InChI=1S/C19H22ClN3O3.ClH/c1-12-15-9-13(20)4-5-16(15)26-18(12)19(25)22-7-2-3-14(11-22)23-8-6-21-10-17(23)24;/h4-5,9,14,21H,2-3,6-8,10-11H2,1H3;1H. The summed E-state index contributed by atoms with van der Waals surface area (Å²) in [6, 6.07) is 5.46. The maximum absolute atomic E-state index is 13.1. The van der Waals surface area contributed by atoms with Gasteiger partial charge in [-0.05, 0) is 38.0 Å². The van der Waals surface area contributed by atoms with E-state index in [-0.39, 0.29) is 30.3 Å². The Hall–Kier alpha value is -1.76. The van der Waals surface area contributed by atoms with Crippen molar-refractivity contribution >= 4 is 46.8 Å². The number of carbonyl (C=O) groups excluding carboxylic acids is 2. The molecule has 4 rings (SSSR count). The van der Waals surface area contributed by atoms with Gasteiger partial charge in [0.1, 0.15) is 5.58 Å². The third kappa shape index (κ3) is 3.79. The number of hydrogen-bond acceptors (Lipinski definition) is 4. The highest BCUT2D eigenvalue weighted by molar-refractivity contribution is 6.31. The zero-order valence-electron chi connectivity index (χ0n) is 15.2. The van der Waals surface area contributed by atoms with E-state index in [1.54, 1.807) is 12.1 Å². The monoisotopic (exact) mass is 411 g/mol. The lowest BCUT2D eigenvalue weighted by Crippen LogP contribution is -2.57. The summed E-state index contributed by atoms with van der Waals surface area (Å²) < 4.78 is 5.83. The molecule has 1 unspecified atom stereocenters. The Morgan fingerprint density at radius 1 is 1.33 bits per heavy atom. The number of amides is 2. The van der Waals surface area contributed by atoms with Crippen LogP contribution in [0.3, 0.4) is 0 Å².